The van der Waals surface area contributed by atoms with E-state index in [9.17, 15) is 5.11 Å². The minimum Gasteiger partial charge on any atom is -0.389 e. The third-order valence-corrected chi connectivity index (χ3v) is 3.47. The number of aryl methyl sites for hydroxylation is 1. The number of likely N-dealkylation sites (N-methyl/N-ethyl adjacent to an activating group) is 1. The molecule has 0 spiro atoms. The lowest BCUT2D eigenvalue weighted by Gasteiger charge is -2.28. The first-order valence-electron chi connectivity index (χ1n) is 7.11. The van der Waals surface area contributed by atoms with Crippen LogP contribution in [0.15, 0.2) is 18.2 Å². The first-order chi connectivity index (χ1) is 8.85. The summed E-state index contributed by atoms with van der Waals surface area (Å²) in [6, 6.07) is 7.33. The van der Waals surface area contributed by atoms with Crippen molar-refractivity contribution in [1.29, 1.82) is 0 Å². The van der Waals surface area contributed by atoms with Gasteiger partial charge in [-0.05, 0) is 50.8 Å². The average Bonchev–Trinajstić information content (AvgIpc) is 3.07. The number of hydrogen-bond acceptors (Lipinski definition) is 3. The van der Waals surface area contributed by atoms with Crippen LogP contribution in [0.4, 0.5) is 5.69 Å². The number of aliphatic hydroxyl groups is 1. The summed E-state index contributed by atoms with van der Waals surface area (Å²) in [6.07, 6.45) is 2.65. The van der Waals surface area contributed by atoms with Crippen LogP contribution in [-0.4, -0.2) is 30.3 Å². The summed E-state index contributed by atoms with van der Waals surface area (Å²) >= 11 is 0. The third-order valence-electron chi connectivity index (χ3n) is 3.47. The molecule has 0 atom stereocenters. The van der Waals surface area contributed by atoms with E-state index in [0.29, 0.717) is 6.54 Å². The molecule has 0 aromatic heterocycles. The zero-order valence-corrected chi connectivity index (χ0v) is 12.5. The SMILES string of the molecule is Cc1cc(CNC2CC2)ccc1N(C)CC(C)(C)O. The molecular formula is C16H26N2O. The van der Waals surface area contributed by atoms with Crippen LogP contribution >= 0.6 is 0 Å². The van der Waals surface area contributed by atoms with Gasteiger partial charge in [-0.2, -0.15) is 0 Å². The maximum Gasteiger partial charge on any atom is 0.0765 e. The fraction of sp³-hybridized carbons (Fsp3) is 0.625. The van der Waals surface area contributed by atoms with E-state index < -0.39 is 5.60 Å². The van der Waals surface area contributed by atoms with Crippen LogP contribution < -0.4 is 10.2 Å². The van der Waals surface area contributed by atoms with Gasteiger partial charge in [-0.15, -0.1) is 0 Å². The fourth-order valence-corrected chi connectivity index (χ4v) is 2.47. The molecule has 0 amide bonds. The molecule has 2 N–H and O–H groups in total. The smallest absolute Gasteiger partial charge is 0.0765 e. The Morgan fingerprint density at radius 1 is 1.37 bits per heavy atom. The molecule has 1 fully saturated rings. The molecule has 0 unspecified atom stereocenters. The van der Waals surface area contributed by atoms with Gasteiger partial charge >= 0.3 is 0 Å². The highest BCUT2D eigenvalue weighted by Crippen LogP contribution is 2.23. The van der Waals surface area contributed by atoms with Gasteiger partial charge in [0.05, 0.1) is 5.60 Å². The van der Waals surface area contributed by atoms with E-state index in [0.717, 1.165) is 12.6 Å². The molecule has 1 aromatic carbocycles. The number of benzene rings is 1. The predicted molar refractivity (Wildman–Crippen MR) is 80.6 cm³/mol. The topological polar surface area (TPSA) is 35.5 Å². The number of anilines is 1. The van der Waals surface area contributed by atoms with Gasteiger partial charge in [0.15, 0.2) is 0 Å². The van der Waals surface area contributed by atoms with E-state index in [2.05, 4.69) is 35.3 Å². The zero-order valence-electron chi connectivity index (χ0n) is 12.5. The van der Waals surface area contributed by atoms with E-state index in [1.807, 2.05) is 20.9 Å². The van der Waals surface area contributed by atoms with Gasteiger partial charge in [-0.25, -0.2) is 0 Å². The normalized spacial score (nSPS) is 15.6. The molecule has 0 radical (unpaired) electrons. The van der Waals surface area contributed by atoms with Gasteiger partial charge in [0.1, 0.15) is 0 Å². The molecule has 1 aromatic rings. The van der Waals surface area contributed by atoms with Crippen molar-refractivity contribution < 1.29 is 5.11 Å². The number of nitrogens with zero attached hydrogens (tertiary/aromatic N) is 1. The van der Waals surface area contributed by atoms with Gasteiger partial charge in [0.2, 0.25) is 0 Å². The number of hydrogen-bond donors (Lipinski definition) is 2. The van der Waals surface area contributed by atoms with Gasteiger partial charge < -0.3 is 15.3 Å². The van der Waals surface area contributed by atoms with Crippen molar-refractivity contribution in [2.75, 3.05) is 18.5 Å². The van der Waals surface area contributed by atoms with Crippen molar-refractivity contribution in [2.45, 2.75) is 51.8 Å². The number of rotatable bonds is 6. The summed E-state index contributed by atoms with van der Waals surface area (Å²) < 4.78 is 0. The molecule has 3 heteroatoms. The molecule has 3 nitrogen and oxygen atoms in total. The Morgan fingerprint density at radius 3 is 2.58 bits per heavy atom. The van der Waals surface area contributed by atoms with Crippen molar-refractivity contribution in [3.05, 3.63) is 29.3 Å². The van der Waals surface area contributed by atoms with Crippen LogP contribution in [0.1, 0.15) is 37.8 Å². The van der Waals surface area contributed by atoms with Crippen LogP contribution in [0.5, 0.6) is 0 Å². The van der Waals surface area contributed by atoms with Crippen LogP contribution in [0.2, 0.25) is 0 Å². The Bertz CT molecular complexity index is 433. The third kappa shape index (κ3) is 4.51. The van der Waals surface area contributed by atoms with E-state index in [4.69, 9.17) is 0 Å². The van der Waals surface area contributed by atoms with Gasteiger partial charge in [0, 0.05) is 31.9 Å². The van der Waals surface area contributed by atoms with Crippen molar-refractivity contribution in [3.8, 4) is 0 Å². The molecule has 106 valence electrons. The summed E-state index contributed by atoms with van der Waals surface area (Å²) in [5, 5.41) is 13.4. The minimum absolute atomic E-state index is 0.632. The summed E-state index contributed by atoms with van der Waals surface area (Å²) in [5.74, 6) is 0. The predicted octanol–water partition coefficient (Wildman–Crippen LogP) is 2.45. The summed E-state index contributed by atoms with van der Waals surface area (Å²) in [6.45, 7) is 7.41. The first kappa shape index (κ1) is 14.4. The monoisotopic (exact) mass is 262 g/mol. The lowest BCUT2D eigenvalue weighted by molar-refractivity contribution is 0.0886. The zero-order chi connectivity index (χ0) is 14.0. The number of nitrogens with one attached hydrogen (secondary N) is 1. The second-order valence-corrected chi connectivity index (χ2v) is 6.44. The van der Waals surface area contributed by atoms with E-state index >= 15 is 0 Å². The molecule has 0 saturated heterocycles. The summed E-state index contributed by atoms with van der Waals surface area (Å²) in [5.41, 5.74) is 3.12. The quantitative estimate of drug-likeness (QED) is 0.826. The maximum absolute atomic E-state index is 9.90. The Morgan fingerprint density at radius 2 is 2.05 bits per heavy atom. The summed E-state index contributed by atoms with van der Waals surface area (Å²) in [4.78, 5) is 2.12. The molecule has 1 saturated carbocycles. The molecular weight excluding hydrogens is 236 g/mol. The highest BCUT2D eigenvalue weighted by Gasteiger charge is 2.20. The summed E-state index contributed by atoms with van der Waals surface area (Å²) in [7, 11) is 2.03. The Balaban J connectivity index is 2.00. The van der Waals surface area contributed by atoms with E-state index in [-0.39, 0.29) is 0 Å². The second-order valence-electron chi connectivity index (χ2n) is 6.44. The van der Waals surface area contributed by atoms with E-state index in [1.54, 1.807) is 0 Å². The average molecular weight is 262 g/mol. The van der Waals surface area contributed by atoms with Crippen molar-refractivity contribution in [1.82, 2.24) is 5.32 Å². The first-order valence-corrected chi connectivity index (χ1v) is 7.11. The highest BCUT2D eigenvalue weighted by molar-refractivity contribution is 5.54. The van der Waals surface area contributed by atoms with Gasteiger partial charge in [-0.1, -0.05) is 12.1 Å². The molecule has 0 heterocycles. The lowest BCUT2D eigenvalue weighted by atomic mass is 10.1. The molecule has 1 aliphatic rings. The molecule has 19 heavy (non-hydrogen) atoms. The standard InChI is InChI=1S/C16H26N2O/c1-12-9-13(10-17-14-6-7-14)5-8-15(12)18(4)11-16(2,3)19/h5,8-9,14,17,19H,6-7,10-11H2,1-4H3. The molecule has 1 aliphatic carbocycles. The van der Waals surface area contributed by atoms with E-state index in [1.165, 1.54) is 29.7 Å². The Labute approximate surface area is 116 Å². The van der Waals surface area contributed by atoms with Crippen molar-refractivity contribution in [2.24, 2.45) is 0 Å². The molecule has 0 bridgehead atoms. The second kappa shape index (κ2) is 5.51. The fourth-order valence-electron chi connectivity index (χ4n) is 2.47. The van der Waals surface area contributed by atoms with Crippen LogP contribution in [0.3, 0.4) is 0 Å². The van der Waals surface area contributed by atoms with Crippen LogP contribution in [0.25, 0.3) is 0 Å². The largest absolute Gasteiger partial charge is 0.389 e. The molecule has 2 rings (SSSR count). The van der Waals surface area contributed by atoms with Crippen molar-refractivity contribution in [3.63, 3.8) is 0 Å². The van der Waals surface area contributed by atoms with Gasteiger partial charge in [0.25, 0.3) is 0 Å². The highest BCUT2D eigenvalue weighted by atomic mass is 16.3. The van der Waals surface area contributed by atoms with Crippen LogP contribution in [0, 0.1) is 6.92 Å². The molecule has 0 aliphatic heterocycles. The Kier molecular flexibility index (Phi) is 4.16. The maximum atomic E-state index is 9.90. The van der Waals surface area contributed by atoms with Crippen LogP contribution in [-0.2, 0) is 6.54 Å². The van der Waals surface area contributed by atoms with Gasteiger partial charge in [-0.3, -0.25) is 0 Å². The minimum atomic E-state index is -0.673. The lowest BCUT2D eigenvalue weighted by Crippen LogP contribution is -2.36. The van der Waals surface area contributed by atoms with Crippen molar-refractivity contribution >= 4 is 5.69 Å². The Hall–Kier alpha value is -1.06.